The number of aliphatic hydroxyl groups excluding tert-OH is 1. The van der Waals surface area contributed by atoms with Crippen molar-refractivity contribution in [2.45, 2.75) is 19.4 Å². The number of nitro groups is 1. The first-order chi connectivity index (χ1) is 9.83. The smallest absolute Gasteiger partial charge is 0.404 e. The van der Waals surface area contributed by atoms with Gasteiger partial charge >= 0.3 is 6.09 Å². The summed E-state index contributed by atoms with van der Waals surface area (Å²) >= 11 is 0. The third kappa shape index (κ3) is 5.03. The second-order valence-corrected chi connectivity index (χ2v) is 4.14. The molecule has 0 aliphatic carbocycles. The zero-order valence-electron chi connectivity index (χ0n) is 11.1. The highest BCUT2D eigenvalue weighted by atomic mass is 16.6. The van der Waals surface area contributed by atoms with Crippen LogP contribution in [-0.4, -0.2) is 44.8 Å². The van der Waals surface area contributed by atoms with Crippen molar-refractivity contribution in [3.8, 4) is 0 Å². The van der Waals surface area contributed by atoms with Crippen molar-refractivity contribution < 1.29 is 24.7 Å². The number of nitrogens with one attached hydrogen (secondary N) is 2. The molecule has 0 radical (unpaired) electrons. The standard InChI is InChI=1S/C11H14N4O6/c1-6-8(15(20)21)2-3-9(12-6)14-10(17)4-7(5-16)13-11(18)19/h2-3,7,13,16H,4-5H2,1H3,(H,18,19)(H,12,14,17)/t7-/m1/s1. The lowest BCUT2D eigenvalue weighted by molar-refractivity contribution is -0.385. The summed E-state index contributed by atoms with van der Waals surface area (Å²) in [6.45, 7) is 0.892. The number of aliphatic hydroxyl groups is 1. The topological polar surface area (TPSA) is 155 Å². The van der Waals surface area contributed by atoms with Gasteiger partial charge in [0.1, 0.15) is 11.5 Å². The molecule has 0 saturated heterocycles. The Balaban J connectivity index is 2.68. The van der Waals surface area contributed by atoms with Gasteiger partial charge in [0.25, 0.3) is 5.69 Å². The molecule has 1 aromatic rings. The van der Waals surface area contributed by atoms with Crippen LogP contribution in [0.2, 0.25) is 0 Å². The Morgan fingerprint density at radius 2 is 2.14 bits per heavy atom. The van der Waals surface area contributed by atoms with Crippen LogP contribution in [0.4, 0.5) is 16.3 Å². The molecule has 1 heterocycles. The van der Waals surface area contributed by atoms with Gasteiger partial charge in [-0.1, -0.05) is 0 Å². The average molecular weight is 298 g/mol. The van der Waals surface area contributed by atoms with Gasteiger partial charge in [-0.3, -0.25) is 14.9 Å². The molecule has 0 unspecified atom stereocenters. The molecule has 0 spiro atoms. The minimum absolute atomic E-state index is 0.107. The van der Waals surface area contributed by atoms with E-state index in [1.807, 2.05) is 5.32 Å². The molecule has 1 rings (SSSR count). The minimum Gasteiger partial charge on any atom is -0.465 e. The molecule has 1 aromatic heterocycles. The molecule has 0 saturated carbocycles. The second kappa shape index (κ2) is 7.14. The van der Waals surface area contributed by atoms with E-state index in [1.54, 1.807) is 0 Å². The zero-order chi connectivity index (χ0) is 16.0. The molecular weight excluding hydrogens is 284 g/mol. The van der Waals surface area contributed by atoms with Gasteiger partial charge in [0.05, 0.1) is 17.6 Å². The molecule has 2 amide bonds. The van der Waals surface area contributed by atoms with Gasteiger partial charge in [-0.15, -0.1) is 0 Å². The zero-order valence-corrected chi connectivity index (χ0v) is 11.1. The molecule has 21 heavy (non-hydrogen) atoms. The Hall–Kier alpha value is -2.75. The molecule has 1 atom stereocenters. The Bertz CT molecular complexity index is 562. The quantitative estimate of drug-likeness (QED) is 0.433. The summed E-state index contributed by atoms with van der Waals surface area (Å²) in [7, 11) is 0. The third-order valence-electron chi connectivity index (χ3n) is 2.50. The Morgan fingerprint density at radius 3 is 2.62 bits per heavy atom. The van der Waals surface area contributed by atoms with Gasteiger partial charge in [0.15, 0.2) is 0 Å². The molecule has 10 heteroatoms. The second-order valence-electron chi connectivity index (χ2n) is 4.14. The number of rotatable bonds is 6. The van der Waals surface area contributed by atoms with E-state index in [0.717, 1.165) is 0 Å². The molecule has 0 aliphatic rings. The van der Waals surface area contributed by atoms with E-state index in [-0.39, 0.29) is 23.6 Å². The van der Waals surface area contributed by atoms with E-state index in [2.05, 4.69) is 10.3 Å². The maximum absolute atomic E-state index is 11.7. The van der Waals surface area contributed by atoms with Gasteiger partial charge < -0.3 is 20.8 Å². The lowest BCUT2D eigenvalue weighted by Crippen LogP contribution is -2.39. The van der Waals surface area contributed by atoms with Crippen molar-refractivity contribution in [1.82, 2.24) is 10.3 Å². The van der Waals surface area contributed by atoms with Crippen LogP contribution in [0.1, 0.15) is 12.1 Å². The number of carboxylic acid groups (broad SMARTS) is 1. The molecule has 114 valence electrons. The highest BCUT2D eigenvalue weighted by Crippen LogP contribution is 2.17. The SMILES string of the molecule is Cc1nc(NC(=O)C[C@H](CO)NC(=O)O)ccc1[N+](=O)[O-]. The van der Waals surface area contributed by atoms with E-state index in [0.29, 0.717) is 0 Å². The number of pyridine rings is 1. The molecule has 0 fully saturated rings. The number of amides is 2. The van der Waals surface area contributed by atoms with E-state index in [4.69, 9.17) is 10.2 Å². The van der Waals surface area contributed by atoms with Crippen LogP contribution in [0.5, 0.6) is 0 Å². The monoisotopic (exact) mass is 298 g/mol. The number of hydrogen-bond donors (Lipinski definition) is 4. The highest BCUT2D eigenvalue weighted by molar-refractivity contribution is 5.90. The Morgan fingerprint density at radius 1 is 1.48 bits per heavy atom. The average Bonchev–Trinajstić information content (AvgIpc) is 2.36. The van der Waals surface area contributed by atoms with E-state index in [1.165, 1.54) is 19.1 Å². The number of carbonyl (C=O) groups is 2. The predicted octanol–water partition coefficient (Wildman–Crippen LogP) is 0.255. The van der Waals surface area contributed by atoms with Crippen LogP contribution in [0.25, 0.3) is 0 Å². The summed E-state index contributed by atoms with van der Waals surface area (Å²) in [5, 5.41) is 32.4. The summed E-state index contributed by atoms with van der Waals surface area (Å²) in [5.74, 6) is -0.473. The van der Waals surface area contributed by atoms with Gasteiger partial charge in [0.2, 0.25) is 5.91 Å². The maximum Gasteiger partial charge on any atom is 0.404 e. The summed E-state index contributed by atoms with van der Waals surface area (Å²) in [6.07, 6.45) is -1.65. The van der Waals surface area contributed by atoms with Crippen LogP contribution < -0.4 is 10.6 Å². The first-order valence-electron chi connectivity index (χ1n) is 5.85. The summed E-state index contributed by atoms with van der Waals surface area (Å²) in [4.78, 5) is 36.0. The molecule has 0 bridgehead atoms. The normalized spacial score (nSPS) is 11.5. The molecule has 10 nitrogen and oxygen atoms in total. The highest BCUT2D eigenvalue weighted by Gasteiger charge is 2.17. The molecular formula is C11H14N4O6. The fraction of sp³-hybridized carbons (Fsp3) is 0.364. The van der Waals surface area contributed by atoms with Crippen LogP contribution in [0, 0.1) is 17.0 Å². The van der Waals surface area contributed by atoms with E-state index in [9.17, 15) is 19.7 Å². The maximum atomic E-state index is 11.7. The number of hydrogen-bond acceptors (Lipinski definition) is 6. The van der Waals surface area contributed by atoms with Crippen LogP contribution in [0.15, 0.2) is 12.1 Å². The number of carbonyl (C=O) groups excluding carboxylic acids is 1. The van der Waals surface area contributed by atoms with Crippen molar-refractivity contribution in [3.05, 3.63) is 27.9 Å². The van der Waals surface area contributed by atoms with Crippen molar-refractivity contribution in [1.29, 1.82) is 0 Å². The van der Waals surface area contributed by atoms with Crippen LogP contribution in [-0.2, 0) is 4.79 Å². The van der Waals surface area contributed by atoms with Gasteiger partial charge in [-0.05, 0) is 13.0 Å². The lowest BCUT2D eigenvalue weighted by atomic mass is 10.2. The lowest BCUT2D eigenvalue weighted by Gasteiger charge is -2.13. The number of aromatic nitrogens is 1. The minimum atomic E-state index is -1.36. The fourth-order valence-corrected chi connectivity index (χ4v) is 1.57. The predicted molar refractivity (Wildman–Crippen MR) is 70.9 cm³/mol. The summed E-state index contributed by atoms with van der Waals surface area (Å²) in [5.41, 5.74) is -0.0334. The van der Waals surface area contributed by atoms with Crippen molar-refractivity contribution in [2.24, 2.45) is 0 Å². The molecule has 0 aromatic carbocycles. The molecule has 4 N–H and O–H groups in total. The molecule has 0 aliphatic heterocycles. The van der Waals surface area contributed by atoms with Crippen LogP contribution in [0.3, 0.4) is 0 Å². The summed E-state index contributed by atoms with van der Waals surface area (Å²) in [6, 6.07) is 1.53. The third-order valence-corrected chi connectivity index (χ3v) is 2.50. The fourth-order valence-electron chi connectivity index (χ4n) is 1.57. The van der Waals surface area contributed by atoms with Crippen molar-refractivity contribution >= 4 is 23.5 Å². The number of anilines is 1. The number of nitrogens with zero attached hydrogens (tertiary/aromatic N) is 2. The van der Waals surface area contributed by atoms with Crippen molar-refractivity contribution in [2.75, 3.05) is 11.9 Å². The van der Waals surface area contributed by atoms with E-state index >= 15 is 0 Å². The van der Waals surface area contributed by atoms with Crippen LogP contribution >= 0.6 is 0 Å². The Labute approximate surface area is 119 Å². The van der Waals surface area contributed by atoms with Gasteiger partial charge in [-0.2, -0.15) is 0 Å². The summed E-state index contributed by atoms with van der Waals surface area (Å²) < 4.78 is 0. The largest absolute Gasteiger partial charge is 0.465 e. The van der Waals surface area contributed by atoms with Gasteiger partial charge in [0, 0.05) is 12.5 Å². The first-order valence-corrected chi connectivity index (χ1v) is 5.85. The number of aryl methyl sites for hydroxylation is 1. The van der Waals surface area contributed by atoms with Crippen molar-refractivity contribution in [3.63, 3.8) is 0 Å². The Kier molecular flexibility index (Phi) is 5.55. The first kappa shape index (κ1) is 16.3. The van der Waals surface area contributed by atoms with Gasteiger partial charge in [-0.25, -0.2) is 9.78 Å². The van der Waals surface area contributed by atoms with E-state index < -0.39 is 29.6 Å².